The Bertz CT molecular complexity index is 409. The third kappa shape index (κ3) is 8.05. The number of oxime groups is 1. The van der Waals surface area contributed by atoms with Gasteiger partial charge < -0.3 is 15.3 Å². The maximum absolute atomic E-state index is 9.08. The Balaban J connectivity index is 4.41. The summed E-state index contributed by atoms with van der Waals surface area (Å²) < 4.78 is 0. The molecule has 2 N–H and O–H groups in total. The van der Waals surface area contributed by atoms with Crippen molar-refractivity contribution >= 4 is 17.5 Å². The van der Waals surface area contributed by atoms with E-state index in [-0.39, 0.29) is 11.9 Å². The van der Waals surface area contributed by atoms with Gasteiger partial charge in [0.1, 0.15) is 7.11 Å². The zero-order valence-corrected chi connectivity index (χ0v) is 13.5. The maximum atomic E-state index is 9.08. The van der Waals surface area contributed by atoms with Crippen molar-refractivity contribution in [3.8, 4) is 12.3 Å². The molecule has 112 valence electrons. The highest BCUT2D eigenvalue weighted by Gasteiger charge is 2.06. The molecular weight excluding hydrogens is 272 g/mol. The van der Waals surface area contributed by atoms with Gasteiger partial charge in [-0.3, -0.25) is 0 Å². The van der Waals surface area contributed by atoms with Crippen LogP contribution in [0.1, 0.15) is 20.8 Å². The number of hydrogen-bond acceptors (Lipinski definition) is 5. The number of thioether (sulfide) groups is 1. The number of nitrogens with one attached hydrogen (secondary N) is 1. The smallest absolute Gasteiger partial charge is 0.106 e. The second-order valence-electron chi connectivity index (χ2n) is 4.17. The number of aliphatic hydroxyl groups is 1. The molecule has 0 saturated carbocycles. The first-order chi connectivity index (χ1) is 9.58. The molecule has 0 radical (unpaired) electrons. The molecule has 0 aromatic heterocycles. The highest BCUT2D eigenvalue weighted by molar-refractivity contribution is 8.03. The van der Waals surface area contributed by atoms with Gasteiger partial charge in [0.05, 0.1) is 12.3 Å². The normalized spacial score (nSPS) is 14.9. The Hall–Kier alpha value is -1.22. The lowest BCUT2D eigenvalue weighted by atomic mass is 10.1. The molecule has 5 heteroatoms. The summed E-state index contributed by atoms with van der Waals surface area (Å²) in [4.78, 5) is 5.80. The Morgan fingerprint density at radius 3 is 2.75 bits per heavy atom. The summed E-state index contributed by atoms with van der Waals surface area (Å²) in [5.74, 6) is 2.53. The largest absolute Gasteiger partial charge is 0.399 e. The van der Waals surface area contributed by atoms with E-state index < -0.39 is 0 Å². The van der Waals surface area contributed by atoms with Crippen LogP contribution in [-0.2, 0) is 4.84 Å². The van der Waals surface area contributed by atoms with Crippen LogP contribution < -0.4 is 5.32 Å². The van der Waals surface area contributed by atoms with Crippen molar-refractivity contribution in [1.29, 1.82) is 0 Å². The Kier molecular flexibility index (Phi) is 10.9. The molecule has 1 unspecified atom stereocenters. The summed E-state index contributed by atoms with van der Waals surface area (Å²) in [5.41, 5.74) is 1.92. The van der Waals surface area contributed by atoms with Gasteiger partial charge in [0.25, 0.3) is 0 Å². The van der Waals surface area contributed by atoms with E-state index in [4.69, 9.17) is 16.4 Å². The van der Waals surface area contributed by atoms with Gasteiger partial charge in [-0.2, -0.15) is 0 Å². The van der Waals surface area contributed by atoms with Crippen LogP contribution in [0.2, 0.25) is 0 Å². The Morgan fingerprint density at radius 2 is 2.25 bits per heavy atom. The van der Waals surface area contributed by atoms with E-state index in [0.29, 0.717) is 13.1 Å². The fourth-order valence-electron chi connectivity index (χ4n) is 1.47. The van der Waals surface area contributed by atoms with Gasteiger partial charge >= 0.3 is 0 Å². The monoisotopic (exact) mass is 296 g/mol. The first-order valence-corrected chi connectivity index (χ1v) is 7.33. The van der Waals surface area contributed by atoms with Crippen LogP contribution in [0.25, 0.3) is 0 Å². The topological polar surface area (TPSA) is 53.9 Å². The molecule has 4 nitrogen and oxygen atoms in total. The SMILES string of the molecule is C#C/C=C(/CNCC(=C\C)/C(C)=N\OC)SC(C)CO. The van der Waals surface area contributed by atoms with Crippen LogP contribution in [0.3, 0.4) is 0 Å². The fourth-order valence-corrected chi connectivity index (χ4v) is 2.38. The lowest BCUT2D eigenvalue weighted by Gasteiger charge is -2.13. The van der Waals surface area contributed by atoms with Gasteiger partial charge in [-0.15, -0.1) is 18.2 Å². The van der Waals surface area contributed by atoms with E-state index in [0.717, 1.165) is 16.2 Å². The summed E-state index contributed by atoms with van der Waals surface area (Å²) in [6.45, 7) is 7.31. The molecule has 1 atom stereocenters. The van der Waals surface area contributed by atoms with Crippen molar-refractivity contribution in [2.45, 2.75) is 26.0 Å². The molecule has 0 spiro atoms. The predicted octanol–water partition coefficient (Wildman–Crippen LogP) is 2.18. The Labute approximate surface area is 126 Å². The summed E-state index contributed by atoms with van der Waals surface area (Å²) in [7, 11) is 1.53. The summed E-state index contributed by atoms with van der Waals surface area (Å²) in [5, 5.41) is 16.4. The average Bonchev–Trinajstić information content (AvgIpc) is 2.43. The second kappa shape index (κ2) is 11.6. The number of allylic oxidation sites excluding steroid dienone is 2. The van der Waals surface area contributed by atoms with Crippen LogP contribution in [0.5, 0.6) is 0 Å². The minimum atomic E-state index is 0.131. The molecule has 0 fully saturated rings. The van der Waals surface area contributed by atoms with Crippen LogP contribution in [0, 0.1) is 12.3 Å². The third-order valence-corrected chi connectivity index (χ3v) is 3.63. The second-order valence-corrected chi connectivity index (χ2v) is 5.73. The van der Waals surface area contributed by atoms with Crippen LogP contribution >= 0.6 is 11.8 Å². The lowest BCUT2D eigenvalue weighted by molar-refractivity contribution is 0.213. The molecule has 0 saturated heterocycles. The predicted molar refractivity (Wildman–Crippen MR) is 87.8 cm³/mol. The number of nitrogens with zero attached hydrogens (tertiary/aromatic N) is 1. The van der Waals surface area contributed by atoms with Gasteiger partial charge in [-0.05, 0) is 25.5 Å². The number of terminal acetylenes is 1. The standard InChI is InChI=1S/C15H24N2O2S/c1-6-8-15(20-12(3)11-18)10-16-9-14(7-2)13(4)17-19-5/h1,7-8,12,16,18H,9-11H2,2-5H3/b14-7+,15-8-,17-13-. The maximum Gasteiger partial charge on any atom is 0.106 e. The highest BCUT2D eigenvalue weighted by atomic mass is 32.2. The van der Waals surface area contributed by atoms with Crippen molar-refractivity contribution in [2.24, 2.45) is 5.16 Å². The van der Waals surface area contributed by atoms with E-state index in [2.05, 4.69) is 16.4 Å². The first-order valence-electron chi connectivity index (χ1n) is 6.45. The number of rotatable bonds is 9. The molecule has 0 aromatic carbocycles. The summed E-state index contributed by atoms with van der Waals surface area (Å²) >= 11 is 1.58. The Morgan fingerprint density at radius 1 is 1.55 bits per heavy atom. The van der Waals surface area contributed by atoms with Gasteiger partial charge in [-0.1, -0.05) is 24.1 Å². The molecule has 0 aliphatic carbocycles. The van der Waals surface area contributed by atoms with Crippen LogP contribution in [-0.4, -0.2) is 42.9 Å². The average molecular weight is 296 g/mol. The molecule has 0 heterocycles. The summed E-state index contributed by atoms with van der Waals surface area (Å²) in [6, 6.07) is 0. The molecular formula is C15H24N2O2S. The van der Waals surface area contributed by atoms with Gasteiger partial charge in [0.2, 0.25) is 0 Å². The van der Waals surface area contributed by atoms with Gasteiger partial charge in [0, 0.05) is 23.2 Å². The molecule has 20 heavy (non-hydrogen) atoms. The highest BCUT2D eigenvalue weighted by Crippen LogP contribution is 2.20. The van der Waals surface area contributed by atoms with E-state index in [1.165, 1.54) is 7.11 Å². The molecule has 0 aliphatic rings. The fraction of sp³-hybridized carbons (Fsp3) is 0.533. The lowest BCUT2D eigenvalue weighted by Crippen LogP contribution is -2.22. The zero-order valence-electron chi connectivity index (χ0n) is 12.6. The first kappa shape index (κ1) is 18.8. The van der Waals surface area contributed by atoms with Gasteiger partial charge in [0.15, 0.2) is 0 Å². The van der Waals surface area contributed by atoms with Crippen molar-refractivity contribution in [1.82, 2.24) is 5.32 Å². The minimum Gasteiger partial charge on any atom is -0.399 e. The third-order valence-electron chi connectivity index (χ3n) is 2.51. The van der Waals surface area contributed by atoms with Crippen LogP contribution in [0.15, 0.2) is 27.8 Å². The van der Waals surface area contributed by atoms with E-state index in [1.54, 1.807) is 17.8 Å². The summed E-state index contributed by atoms with van der Waals surface area (Å²) in [6.07, 6.45) is 9.05. The molecule has 0 bridgehead atoms. The molecule has 0 aliphatic heterocycles. The van der Waals surface area contributed by atoms with Crippen LogP contribution in [0.4, 0.5) is 0 Å². The number of aliphatic hydroxyl groups excluding tert-OH is 1. The van der Waals surface area contributed by atoms with Crippen molar-refractivity contribution in [2.75, 3.05) is 26.8 Å². The minimum absolute atomic E-state index is 0.131. The molecule has 0 rings (SSSR count). The van der Waals surface area contributed by atoms with Crippen molar-refractivity contribution in [3.63, 3.8) is 0 Å². The van der Waals surface area contributed by atoms with E-state index >= 15 is 0 Å². The number of hydrogen-bond donors (Lipinski definition) is 2. The quantitative estimate of drug-likeness (QED) is 0.389. The molecule has 0 aromatic rings. The van der Waals surface area contributed by atoms with Crippen molar-refractivity contribution < 1.29 is 9.94 Å². The zero-order chi connectivity index (χ0) is 15.4. The van der Waals surface area contributed by atoms with E-state index in [9.17, 15) is 0 Å². The van der Waals surface area contributed by atoms with Gasteiger partial charge in [-0.25, -0.2) is 0 Å². The van der Waals surface area contributed by atoms with Crippen molar-refractivity contribution in [3.05, 3.63) is 22.6 Å². The van der Waals surface area contributed by atoms with E-state index in [1.807, 2.05) is 26.8 Å². The molecule has 0 amide bonds.